The van der Waals surface area contributed by atoms with Crippen LogP contribution in [0.4, 0.5) is 0 Å². The number of hydrogen-bond donors (Lipinski definition) is 1. The number of carbonyl (C=O) groups excluding carboxylic acids is 1. The molecule has 2 rings (SSSR count). The van der Waals surface area contributed by atoms with E-state index in [1.807, 2.05) is 13.8 Å². The van der Waals surface area contributed by atoms with Gasteiger partial charge in [0.1, 0.15) is 5.75 Å². The second-order valence-electron chi connectivity index (χ2n) is 4.06. The van der Waals surface area contributed by atoms with Crippen molar-refractivity contribution in [1.82, 2.24) is 4.98 Å². The molecule has 0 radical (unpaired) electrons. The van der Waals surface area contributed by atoms with E-state index in [1.54, 1.807) is 23.7 Å². The third-order valence-electron chi connectivity index (χ3n) is 2.52. The molecule has 0 amide bonds. The van der Waals surface area contributed by atoms with Gasteiger partial charge in [0.25, 0.3) is 0 Å². The molecule has 1 aromatic heterocycles. The summed E-state index contributed by atoms with van der Waals surface area (Å²) >= 11 is 1.49. The molecule has 3 nitrogen and oxygen atoms in total. The predicted molar refractivity (Wildman–Crippen MR) is 73.1 cm³/mol. The number of rotatable bonds is 3. The number of aryl methyl sites for hydroxylation is 2. The molecule has 0 fully saturated rings. The number of hydrogen-bond acceptors (Lipinski definition) is 4. The van der Waals surface area contributed by atoms with Crippen LogP contribution in [-0.2, 0) is 0 Å². The van der Waals surface area contributed by atoms with Crippen LogP contribution in [0.15, 0.2) is 29.8 Å². The van der Waals surface area contributed by atoms with Crippen molar-refractivity contribution in [2.24, 2.45) is 0 Å². The predicted octanol–water partition coefficient (Wildman–Crippen LogP) is 3.36. The number of phenolic OH excluding ortho intramolecular Hbond substituents is 1. The molecule has 4 heteroatoms. The summed E-state index contributed by atoms with van der Waals surface area (Å²) in [6.07, 6.45) is 3.27. The molecule has 1 N–H and O–H groups in total. The zero-order valence-electron chi connectivity index (χ0n) is 10.2. The number of benzene rings is 1. The fraction of sp³-hybridized carbons (Fsp3) is 0.143. The van der Waals surface area contributed by atoms with Gasteiger partial charge < -0.3 is 5.11 Å². The molecular weight excluding hydrogens is 246 g/mol. The van der Waals surface area contributed by atoms with Crippen molar-refractivity contribution in [2.45, 2.75) is 13.8 Å². The van der Waals surface area contributed by atoms with E-state index >= 15 is 0 Å². The maximum absolute atomic E-state index is 11.9. The lowest BCUT2D eigenvalue weighted by Gasteiger charge is -2.00. The standard InChI is InChI=1S/C14H13NO2S/c1-9-5-11(7-12(16)6-9)13(17)3-4-14-10(2)15-8-18-14/h3-8,16H,1-2H3. The van der Waals surface area contributed by atoms with E-state index in [4.69, 9.17) is 0 Å². The van der Waals surface area contributed by atoms with Gasteiger partial charge in [-0.1, -0.05) is 0 Å². The lowest BCUT2D eigenvalue weighted by atomic mass is 10.1. The minimum absolute atomic E-state index is 0.112. The molecule has 0 aliphatic carbocycles. The first-order valence-corrected chi connectivity index (χ1v) is 6.37. The molecule has 0 aliphatic rings. The smallest absolute Gasteiger partial charge is 0.186 e. The minimum Gasteiger partial charge on any atom is -0.508 e. The van der Waals surface area contributed by atoms with Gasteiger partial charge >= 0.3 is 0 Å². The molecule has 0 atom stereocenters. The first-order valence-electron chi connectivity index (χ1n) is 5.49. The zero-order valence-corrected chi connectivity index (χ0v) is 11.0. The topological polar surface area (TPSA) is 50.2 Å². The number of ketones is 1. The number of phenols is 1. The molecule has 0 bridgehead atoms. The Hall–Kier alpha value is -1.94. The van der Waals surface area contributed by atoms with E-state index in [2.05, 4.69) is 4.98 Å². The first kappa shape index (κ1) is 12.5. The summed E-state index contributed by atoms with van der Waals surface area (Å²) in [5.74, 6) is -0.0116. The van der Waals surface area contributed by atoms with E-state index in [0.717, 1.165) is 16.1 Å². The van der Waals surface area contributed by atoms with Gasteiger partial charge in [-0.2, -0.15) is 0 Å². The number of carbonyl (C=O) groups is 1. The second kappa shape index (κ2) is 5.14. The third-order valence-corrected chi connectivity index (χ3v) is 3.41. The van der Waals surface area contributed by atoms with Crippen LogP contribution in [0.25, 0.3) is 6.08 Å². The summed E-state index contributed by atoms with van der Waals surface area (Å²) in [6, 6.07) is 4.85. The molecule has 18 heavy (non-hydrogen) atoms. The molecule has 0 spiro atoms. The van der Waals surface area contributed by atoms with E-state index in [9.17, 15) is 9.90 Å². The molecular formula is C14H13NO2S. The van der Waals surface area contributed by atoms with Crippen molar-refractivity contribution in [3.63, 3.8) is 0 Å². The Morgan fingerprint density at radius 3 is 2.72 bits per heavy atom. The van der Waals surface area contributed by atoms with Gasteiger partial charge in [-0.15, -0.1) is 11.3 Å². The van der Waals surface area contributed by atoms with Crippen molar-refractivity contribution in [3.8, 4) is 5.75 Å². The maximum atomic E-state index is 11.9. The second-order valence-corrected chi connectivity index (χ2v) is 4.94. The quantitative estimate of drug-likeness (QED) is 0.679. The number of thiazole rings is 1. The van der Waals surface area contributed by atoms with Crippen LogP contribution in [0.1, 0.15) is 26.5 Å². The van der Waals surface area contributed by atoms with Crippen LogP contribution >= 0.6 is 11.3 Å². The van der Waals surface area contributed by atoms with Gasteiger partial charge in [0.2, 0.25) is 0 Å². The zero-order chi connectivity index (χ0) is 13.1. The Balaban J connectivity index is 2.22. The van der Waals surface area contributed by atoms with Crippen molar-refractivity contribution in [1.29, 1.82) is 0 Å². The summed E-state index contributed by atoms with van der Waals surface area (Å²) in [7, 11) is 0. The normalized spacial score (nSPS) is 11.0. The highest BCUT2D eigenvalue weighted by Gasteiger charge is 2.05. The molecule has 1 aromatic carbocycles. The van der Waals surface area contributed by atoms with Crippen LogP contribution in [0.3, 0.4) is 0 Å². The van der Waals surface area contributed by atoms with Gasteiger partial charge in [0.15, 0.2) is 5.78 Å². The van der Waals surface area contributed by atoms with Gasteiger partial charge in [0, 0.05) is 10.4 Å². The monoisotopic (exact) mass is 259 g/mol. The summed E-state index contributed by atoms with van der Waals surface area (Å²) in [4.78, 5) is 17.0. The lowest BCUT2D eigenvalue weighted by Crippen LogP contribution is -1.94. The first-order chi connectivity index (χ1) is 8.56. The van der Waals surface area contributed by atoms with Crippen LogP contribution in [0.5, 0.6) is 5.75 Å². The summed E-state index contributed by atoms with van der Waals surface area (Å²) in [5, 5.41) is 9.45. The van der Waals surface area contributed by atoms with Crippen LogP contribution in [0.2, 0.25) is 0 Å². The highest BCUT2D eigenvalue weighted by atomic mass is 32.1. The Morgan fingerprint density at radius 2 is 2.11 bits per heavy atom. The van der Waals surface area contributed by atoms with Gasteiger partial charge in [-0.3, -0.25) is 4.79 Å². The highest BCUT2D eigenvalue weighted by Crippen LogP contribution is 2.18. The van der Waals surface area contributed by atoms with Crippen LogP contribution < -0.4 is 0 Å². The molecule has 0 aliphatic heterocycles. The number of allylic oxidation sites excluding steroid dienone is 1. The largest absolute Gasteiger partial charge is 0.508 e. The van der Waals surface area contributed by atoms with Crippen LogP contribution in [-0.4, -0.2) is 15.9 Å². The molecule has 1 heterocycles. The number of aromatic nitrogens is 1. The highest BCUT2D eigenvalue weighted by molar-refractivity contribution is 7.10. The fourth-order valence-corrected chi connectivity index (χ4v) is 2.32. The average molecular weight is 259 g/mol. The van der Waals surface area contributed by atoms with Crippen molar-refractivity contribution in [2.75, 3.05) is 0 Å². The van der Waals surface area contributed by atoms with Crippen molar-refractivity contribution in [3.05, 3.63) is 51.5 Å². The minimum atomic E-state index is -0.123. The molecule has 2 aromatic rings. The van der Waals surface area contributed by atoms with Crippen molar-refractivity contribution < 1.29 is 9.90 Å². The van der Waals surface area contributed by atoms with Gasteiger partial charge in [-0.25, -0.2) is 4.98 Å². The summed E-state index contributed by atoms with van der Waals surface area (Å²) in [5.41, 5.74) is 4.01. The third kappa shape index (κ3) is 2.84. The van der Waals surface area contributed by atoms with E-state index in [0.29, 0.717) is 5.56 Å². The van der Waals surface area contributed by atoms with E-state index in [1.165, 1.54) is 23.5 Å². The van der Waals surface area contributed by atoms with E-state index in [-0.39, 0.29) is 11.5 Å². The SMILES string of the molecule is Cc1cc(O)cc(C(=O)C=Cc2scnc2C)c1. The number of nitrogens with zero attached hydrogens (tertiary/aromatic N) is 1. The molecule has 92 valence electrons. The van der Waals surface area contributed by atoms with Gasteiger partial charge in [-0.05, 0) is 49.8 Å². The Bertz CT molecular complexity index is 594. The number of aromatic hydroxyl groups is 1. The molecule has 0 saturated carbocycles. The van der Waals surface area contributed by atoms with Crippen LogP contribution in [0, 0.1) is 13.8 Å². The summed E-state index contributed by atoms with van der Waals surface area (Å²) < 4.78 is 0. The molecule has 0 saturated heterocycles. The Labute approximate surface area is 109 Å². The maximum Gasteiger partial charge on any atom is 0.186 e. The lowest BCUT2D eigenvalue weighted by molar-refractivity contribution is 0.104. The van der Waals surface area contributed by atoms with E-state index < -0.39 is 0 Å². The summed E-state index contributed by atoms with van der Waals surface area (Å²) in [6.45, 7) is 3.74. The fourth-order valence-electron chi connectivity index (χ4n) is 1.62. The van der Waals surface area contributed by atoms with Gasteiger partial charge in [0.05, 0.1) is 11.2 Å². The Morgan fingerprint density at radius 1 is 1.33 bits per heavy atom. The average Bonchev–Trinajstić information content (AvgIpc) is 2.70. The van der Waals surface area contributed by atoms with Crippen molar-refractivity contribution >= 4 is 23.2 Å². The Kier molecular flexibility index (Phi) is 3.58. The molecule has 0 unspecified atom stereocenters.